The molecule has 2 aromatic heterocycles. The van der Waals surface area contributed by atoms with Gasteiger partial charge in [-0.3, -0.25) is 5.10 Å². The normalized spacial score (nSPS) is 11.7. The maximum absolute atomic E-state index is 11.6. The fourth-order valence-corrected chi connectivity index (χ4v) is 2.00. The minimum atomic E-state index is -3.46. The minimum Gasteiger partial charge on any atom is -0.366 e. The van der Waals surface area contributed by atoms with Gasteiger partial charge in [-0.15, -0.1) is 0 Å². The zero-order chi connectivity index (χ0) is 10.7. The zero-order valence-corrected chi connectivity index (χ0v) is 8.45. The van der Waals surface area contributed by atoms with Gasteiger partial charge in [-0.2, -0.15) is 5.10 Å². The van der Waals surface area contributed by atoms with Crippen LogP contribution in [0.25, 0.3) is 0 Å². The van der Waals surface area contributed by atoms with Gasteiger partial charge in [-0.25, -0.2) is 18.1 Å². The molecule has 3 N–H and O–H groups in total. The summed E-state index contributed by atoms with van der Waals surface area (Å²) in [5.41, 5.74) is 0. The summed E-state index contributed by atoms with van der Waals surface area (Å²) in [6.45, 7) is 0.0908. The van der Waals surface area contributed by atoms with Crippen LogP contribution >= 0.6 is 0 Å². The fourth-order valence-electron chi connectivity index (χ4n) is 1.04. The number of aromatic nitrogens is 4. The summed E-state index contributed by atoms with van der Waals surface area (Å²) in [6, 6.07) is 1.47. The molecule has 0 bridgehead atoms. The second-order valence-corrected chi connectivity index (χ2v) is 4.57. The van der Waals surface area contributed by atoms with Gasteiger partial charge in [0.2, 0.25) is 10.0 Å². The number of sulfonamides is 1. The predicted octanol–water partition coefficient (Wildman–Crippen LogP) is -0.389. The number of nitrogens with one attached hydrogen (secondary N) is 3. The van der Waals surface area contributed by atoms with E-state index in [-0.39, 0.29) is 11.4 Å². The summed E-state index contributed by atoms with van der Waals surface area (Å²) in [5, 5.41) is 6.17. The Morgan fingerprint density at radius 1 is 1.47 bits per heavy atom. The van der Waals surface area contributed by atoms with Crippen molar-refractivity contribution in [1.29, 1.82) is 0 Å². The van der Waals surface area contributed by atoms with Gasteiger partial charge in [0.25, 0.3) is 0 Å². The van der Waals surface area contributed by atoms with Crippen molar-refractivity contribution in [3.63, 3.8) is 0 Å². The smallest absolute Gasteiger partial charge is 0.242 e. The first-order valence-electron chi connectivity index (χ1n) is 4.15. The molecule has 2 aromatic rings. The molecule has 8 heteroatoms. The van der Waals surface area contributed by atoms with E-state index in [9.17, 15) is 8.42 Å². The fraction of sp³-hybridized carbons (Fsp3) is 0.143. The molecular formula is C7H9N5O2S. The van der Waals surface area contributed by atoms with Crippen LogP contribution in [-0.2, 0) is 16.6 Å². The highest BCUT2D eigenvalue weighted by atomic mass is 32.2. The lowest BCUT2D eigenvalue weighted by Gasteiger charge is -2.01. The van der Waals surface area contributed by atoms with E-state index < -0.39 is 10.0 Å². The molecule has 0 aliphatic heterocycles. The Kier molecular flexibility index (Phi) is 2.52. The lowest BCUT2D eigenvalue weighted by atomic mass is 10.6. The average Bonchev–Trinajstić information content (AvgIpc) is 2.88. The molecule has 0 aromatic carbocycles. The van der Waals surface area contributed by atoms with Gasteiger partial charge < -0.3 is 4.98 Å². The van der Waals surface area contributed by atoms with Crippen molar-refractivity contribution in [2.75, 3.05) is 0 Å². The molecule has 2 heterocycles. The third kappa shape index (κ3) is 2.22. The van der Waals surface area contributed by atoms with Crippen LogP contribution in [0.4, 0.5) is 0 Å². The molecule has 0 fully saturated rings. The molecule has 7 nitrogen and oxygen atoms in total. The zero-order valence-electron chi connectivity index (χ0n) is 7.64. The van der Waals surface area contributed by atoms with Gasteiger partial charge in [0.05, 0.1) is 11.4 Å². The third-order valence-corrected chi connectivity index (χ3v) is 3.17. The Balaban J connectivity index is 2.06. The summed E-state index contributed by atoms with van der Waals surface area (Å²) in [4.78, 5) is 6.67. The number of H-pyrrole nitrogens is 2. The number of aromatic amines is 2. The molecule has 0 amide bonds. The van der Waals surface area contributed by atoms with Crippen LogP contribution in [0.3, 0.4) is 0 Å². The lowest BCUT2D eigenvalue weighted by Crippen LogP contribution is -2.23. The standard InChI is InChI=1S/C7H9N5O2S/c13-15(14,6-1-2-8-3-6)11-4-7-9-5-10-12-7/h1-3,5,8,11H,4H2,(H,9,10,12). The monoisotopic (exact) mass is 227 g/mol. The van der Waals surface area contributed by atoms with Crippen LogP contribution < -0.4 is 4.72 Å². The maximum atomic E-state index is 11.6. The van der Waals surface area contributed by atoms with Crippen LogP contribution in [0.5, 0.6) is 0 Å². The third-order valence-electron chi connectivity index (χ3n) is 1.77. The van der Waals surface area contributed by atoms with Crippen molar-refractivity contribution in [1.82, 2.24) is 24.9 Å². The molecule has 0 radical (unpaired) electrons. The van der Waals surface area contributed by atoms with Crippen molar-refractivity contribution in [3.8, 4) is 0 Å². The molecule has 0 aliphatic rings. The first-order chi connectivity index (χ1) is 7.18. The van der Waals surface area contributed by atoms with Gasteiger partial charge in [-0.1, -0.05) is 0 Å². The molecule has 0 saturated heterocycles. The van der Waals surface area contributed by atoms with Crippen LogP contribution in [0.2, 0.25) is 0 Å². The first kappa shape index (κ1) is 9.87. The number of hydrogen-bond acceptors (Lipinski definition) is 4. The van der Waals surface area contributed by atoms with E-state index in [0.717, 1.165) is 0 Å². The molecule has 0 unspecified atom stereocenters. The average molecular weight is 227 g/mol. The summed E-state index contributed by atoms with van der Waals surface area (Å²) in [7, 11) is -3.46. The summed E-state index contributed by atoms with van der Waals surface area (Å²) in [5.74, 6) is 0.467. The van der Waals surface area contributed by atoms with E-state index in [0.29, 0.717) is 5.82 Å². The SMILES string of the molecule is O=S(=O)(NCc1ncn[nH]1)c1cc[nH]c1. The molecule has 0 atom stereocenters. The molecule has 0 aliphatic carbocycles. The highest BCUT2D eigenvalue weighted by molar-refractivity contribution is 7.89. The number of nitrogens with zero attached hydrogens (tertiary/aromatic N) is 2. The van der Waals surface area contributed by atoms with Crippen molar-refractivity contribution in [2.45, 2.75) is 11.4 Å². The quantitative estimate of drug-likeness (QED) is 0.661. The predicted molar refractivity (Wildman–Crippen MR) is 51.2 cm³/mol. The Morgan fingerprint density at radius 3 is 2.93 bits per heavy atom. The first-order valence-corrected chi connectivity index (χ1v) is 5.63. The van der Waals surface area contributed by atoms with Crippen molar-refractivity contribution in [2.24, 2.45) is 0 Å². The van der Waals surface area contributed by atoms with E-state index in [1.54, 1.807) is 6.20 Å². The maximum Gasteiger partial charge on any atom is 0.242 e. The van der Waals surface area contributed by atoms with E-state index in [4.69, 9.17) is 0 Å². The van der Waals surface area contributed by atoms with E-state index in [1.807, 2.05) is 0 Å². The van der Waals surface area contributed by atoms with Crippen molar-refractivity contribution >= 4 is 10.0 Å². The van der Waals surface area contributed by atoms with E-state index >= 15 is 0 Å². The second-order valence-electron chi connectivity index (χ2n) is 2.80. The lowest BCUT2D eigenvalue weighted by molar-refractivity contribution is 0.579. The number of rotatable bonds is 4. The van der Waals surface area contributed by atoms with Gasteiger partial charge in [0.1, 0.15) is 12.2 Å². The topological polar surface area (TPSA) is 104 Å². The highest BCUT2D eigenvalue weighted by Gasteiger charge is 2.13. The Labute approximate surface area is 86.0 Å². The van der Waals surface area contributed by atoms with Gasteiger partial charge in [-0.05, 0) is 6.07 Å². The van der Waals surface area contributed by atoms with Gasteiger partial charge in [0.15, 0.2) is 0 Å². The largest absolute Gasteiger partial charge is 0.366 e. The van der Waals surface area contributed by atoms with Crippen LogP contribution in [0.1, 0.15) is 5.82 Å². The van der Waals surface area contributed by atoms with E-state index in [2.05, 4.69) is 24.9 Å². The summed E-state index contributed by atoms with van der Waals surface area (Å²) in [6.07, 6.45) is 4.27. The molecule has 15 heavy (non-hydrogen) atoms. The van der Waals surface area contributed by atoms with Crippen LogP contribution in [0, 0.1) is 0 Å². The Morgan fingerprint density at radius 2 is 2.33 bits per heavy atom. The minimum absolute atomic E-state index is 0.0908. The van der Waals surface area contributed by atoms with Gasteiger partial charge >= 0.3 is 0 Å². The van der Waals surface area contributed by atoms with Gasteiger partial charge in [0, 0.05) is 12.4 Å². The van der Waals surface area contributed by atoms with E-state index in [1.165, 1.54) is 18.6 Å². The highest BCUT2D eigenvalue weighted by Crippen LogP contribution is 2.06. The molecule has 80 valence electrons. The van der Waals surface area contributed by atoms with Crippen molar-refractivity contribution in [3.05, 3.63) is 30.6 Å². The van der Waals surface area contributed by atoms with Crippen LogP contribution in [0.15, 0.2) is 29.7 Å². The summed E-state index contributed by atoms with van der Waals surface area (Å²) < 4.78 is 25.6. The summed E-state index contributed by atoms with van der Waals surface area (Å²) >= 11 is 0. The second kappa shape index (κ2) is 3.83. The molecular weight excluding hydrogens is 218 g/mol. The van der Waals surface area contributed by atoms with Crippen molar-refractivity contribution < 1.29 is 8.42 Å². The number of hydrogen-bond donors (Lipinski definition) is 3. The van der Waals surface area contributed by atoms with Crippen LogP contribution in [-0.4, -0.2) is 28.6 Å². The molecule has 0 spiro atoms. The molecule has 0 saturated carbocycles. The molecule has 2 rings (SSSR count). The Bertz CT molecular complexity index is 502. The Hall–Kier alpha value is -1.67.